The van der Waals surface area contributed by atoms with Crippen LogP contribution in [0.3, 0.4) is 0 Å². The number of halogens is 1. The van der Waals surface area contributed by atoms with Crippen LogP contribution in [-0.4, -0.2) is 23.0 Å². The van der Waals surface area contributed by atoms with Gasteiger partial charge in [0.1, 0.15) is 5.75 Å². The van der Waals surface area contributed by atoms with E-state index in [1.807, 2.05) is 12.1 Å². The molecule has 5 nitrogen and oxygen atoms in total. The standard InChI is InChI=1S/C22H24ClN3O2S/c1-3-13-4-6-14(7-5-13)22-26-18-9-19(28-2)17(10-20(18)29-22)25-21(27)15-8-16(23)12-24-11-15/h8-14H,3-7H2,1-2H3,(H,25,27). The van der Waals surface area contributed by atoms with Gasteiger partial charge in [-0.05, 0) is 43.7 Å². The summed E-state index contributed by atoms with van der Waals surface area (Å²) in [6, 6.07) is 5.44. The van der Waals surface area contributed by atoms with Gasteiger partial charge in [-0.2, -0.15) is 0 Å². The Hall–Kier alpha value is -2.18. The summed E-state index contributed by atoms with van der Waals surface area (Å²) in [5, 5.41) is 4.53. The molecule has 152 valence electrons. The first-order valence-corrected chi connectivity index (χ1v) is 11.2. The van der Waals surface area contributed by atoms with Crippen LogP contribution in [0, 0.1) is 5.92 Å². The van der Waals surface area contributed by atoms with E-state index >= 15 is 0 Å². The predicted octanol–water partition coefficient (Wildman–Crippen LogP) is 6.29. The van der Waals surface area contributed by atoms with Gasteiger partial charge in [-0.3, -0.25) is 9.78 Å². The molecule has 1 amide bonds. The number of carbonyl (C=O) groups is 1. The number of anilines is 1. The first kappa shape index (κ1) is 20.1. The number of methoxy groups -OCH3 is 1. The van der Waals surface area contributed by atoms with Crippen LogP contribution in [-0.2, 0) is 0 Å². The second-order valence-electron chi connectivity index (χ2n) is 7.54. The highest BCUT2D eigenvalue weighted by atomic mass is 35.5. The third-order valence-electron chi connectivity index (χ3n) is 5.71. The first-order chi connectivity index (χ1) is 14.1. The molecule has 1 aromatic carbocycles. The zero-order chi connectivity index (χ0) is 20.4. The maximum absolute atomic E-state index is 12.6. The highest BCUT2D eigenvalue weighted by molar-refractivity contribution is 7.18. The number of thiazole rings is 1. The Morgan fingerprint density at radius 3 is 2.72 bits per heavy atom. The van der Waals surface area contributed by atoms with Gasteiger partial charge >= 0.3 is 0 Å². The third-order valence-corrected chi connectivity index (χ3v) is 7.10. The van der Waals surface area contributed by atoms with E-state index < -0.39 is 0 Å². The van der Waals surface area contributed by atoms with E-state index in [1.54, 1.807) is 24.5 Å². The average Bonchev–Trinajstić information content (AvgIpc) is 3.16. The number of rotatable bonds is 5. The number of aromatic nitrogens is 2. The Bertz CT molecular complexity index is 1030. The number of hydrogen-bond acceptors (Lipinski definition) is 5. The lowest BCUT2D eigenvalue weighted by Crippen LogP contribution is -2.13. The maximum Gasteiger partial charge on any atom is 0.257 e. The number of carbonyl (C=O) groups excluding carboxylic acids is 1. The summed E-state index contributed by atoms with van der Waals surface area (Å²) in [5.74, 6) is 1.72. The van der Waals surface area contributed by atoms with Crippen LogP contribution >= 0.6 is 22.9 Å². The predicted molar refractivity (Wildman–Crippen MR) is 118 cm³/mol. The topological polar surface area (TPSA) is 64.1 Å². The molecule has 0 bridgehead atoms. The Kier molecular flexibility index (Phi) is 6.01. The second kappa shape index (κ2) is 8.67. The van der Waals surface area contributed by atoms with Crippen molar-refractivity contribution in [2.45, 2.75) is 44.9 Å². The Morgan fingerprint density at radius 1 is 1.24 bits per heavy atom. The zero-order valence-corrected chi connectivity index (χ0v) is 18.1. The molecule has 1 aliphatic rings. The summed E-state index contributed by atoms with van der Waals surface area (Å²) in [6.45, 7) is 2.28. The lowest BCUT2D eigenvalue weighted by molar-refractivity contribution is 0.102. The summed E-state index contributed by atoms with van der Waals surface area (Å²) < 4.78 is 6.56. The number of fused-ring (bicyclic) bond motifs is 1. The second-order valence-corrected chi connectivity index (χ2v) is 9.04. The highest BCUT2D eigenvalue weighted by Crippen LogP contribution is 2.41. The highest BCUT2D eigenvalue weighted by Gasteiger charge is 2.24. The largest absolute Gasteiger partial charge is 0.494 e. The van der Waals surface area contributed by atoms with Crippen molar-refractivity contribution in [3.63, 3.8) is 0 Å². The van der Waals surface area contributed by atoms with E-state index in [0.29, 0.717) is 27.9 Å². The smallest absolute Gasteiger partial charge is 0.257 e. The van der Waals surface area contributed by atoms with Crippen LogP contribution in [0.2, 0.25) is 5.02 Å². The molecule has 0 aliphatic heterocycles. The van der Waals surface area contributed by atoms with Crippen molar-refractivity contribution >= 4 is 44.7 Å². The molecule has 29 heavy (non-hydrogen) atoms. The number of nitrogens with zero attached hydrogens (tertiary/aromatic N) is 2. The van der Waals surface area contributed by atoms with Crippen LogP contribution in [0.15, 0.2) is 30.6 Å². The average molecular weight is 430 g/mol. The van der Waals surface area contributed by atoms with Crippen LogP contribution in [0.25, 0.3) is 10.2 Å². The summed E-state index contributed by atoms with van der Waals surface area (Å²) in [7, 11) is 1.59. The number of ether oxygens (including phenoxy) is 1. The molecule has 3 aromatic rings. The Balaban J connectivity index is 1.59. The van der Waals surface area contributed by atoms with E-state index in [-0.39, 0.29) is 5.91 Å². The SMILES string of the molecule is CCC1CCC(c2nc3cc(OC)c(NC(=O)c4cncc(Cl)c4)cc3s2)CC1. The normalized spacial score (nSPS) is 19.3. The van der Waals surface area contributed by atoms with Gasteiger partial charge in [0, 0.05) is 24.4 Å². The molecule has 0 radical (unpaired) electrons. The van der Waals surface area contributed by atoms with Gasteiger partial charge in [-0.15, -0.1) is 11.3 Å². The summed E-state index contributed by atoms with van der Waals surface area (Å²) in [6.07, 6.45) is 9.25. The van der Waals surface area contributed by atoms with Crippen LogP contribution in [0.1, 0.15) is 60.3 Å². The Labute approximate surface area is 179 Å². The van der Waals surface area contributed by atoms with E-state index in [9.17, 15) is 4.79 Å². The lowest BCUT2D eigenvalue weighted by atomic mass is 9.81. The molecular formula is C22H24ClN3O2S. The minimum Gasteiger partial charge on any atom is -0.494 e. The minimum absolute atomic E-state index is 0.278. The van der Waals surface area contributed by atoms with Gasteiger partial charge in [-0.1, -0.05) is 24.9 Å². The molecule has 0 atom stereocenters. The lowest BCUT2D eigenvalue weighted by Gasteiger charge is -2.26. The van der Waals surface area contributed by atoms with E-state index in [2.05, 4.69) is 17.2 Å². The fourth-order valence-corrected chi connectivity index (χ4v) is 5.29. The first-order valence-electron chi connectivity index (χ1n) is 9.97. The van der Waals surface area contributed by atoms with Crippen molar-refractivity contribution in [2.24, 2.45) is 5.92 Å². The molecule has 1 fully saturated rings. The number of hydrogen-bond donors (Lipinski definition) is 1. The monoisotopic (exact) mass is 429 g/mol. The molecule has 2 heterocycles. The van der Waals surface area contributed by atoms with Gasteiger partial charge in [-0.25, -0.2) is 4.98 Å². The van der Waals surface area contributed by atoms with E-state index in [4.69, 9.17) is 21.3 Å². The van der Waals surface area contributed by atoms with Crippen molar-refractivity contribution in [1.82, 2.24) is 9.97 Å². The van der Waals surface area contributed by atoms with Crippen LogP contribution < -0.4 is 10.1 Å². The summed E-state index contributed by atoms with van der Waals surface area (Å²) in [5.41, 5.74) is 1.94. The van der Waals surface area contributed by atoms with E-state index in [0.717, 1.165) is 16.1 Å². The molecule has 1 aliphatic carbocycles. The molecule has 7 heteroatoms. The van der Waals surface area contributed by atoms with Crippen LogP contribution in [0.4, 0.5) is 5.69 Å². The minimum atomic E-state index is -0.278. The van der Waals surface area contributed by atoms with Crippen molar-refractivity contribution in [2.75, 3.05) is 12.4 Å². The van der Waals surface area contributed by atoms with E-state index in [1.165, 1.54) is 49.5 Å². The quantitative estimate of drug-likeness (QED) is 0.517. The fraction of sp³-hybridized carbons (Fsp3) is 0.409. The molecule has 1 N–H and O–H groups in total. The van der Waals surface area contributed by atoms with Crippen molar-refractivity contribution in [3.8, 4) is 5.75 Å². The number of amides is 1. The third kappa shape index (κ3) is 4.38. The molecular weight excluding hydrogens is 406 g/mol. The van der Waals surface area contributed by atoms with Crippen LogP contribution in [0.5, 0.6) is 5.75 Å². The molecule has 0 spiro atoms. The van der Waals surface area contributed by atoms with Crippen molar-refractivity contribution in [3.05, 3.63) is 46.2 Å². The molecule has 4 rings (SSSR count). The summed E-state index contributed by atoms with van der Waals surface area (Å²) >= 11 is 7.67. The van der Waals surface area contributed by atoms with Crippen molar-refractivity contribution < 1.29 is 9.53 Å². The maximum atomic E-state index is 12.6. The molecule has 1 saturated carbocycles. The van der Waals surface area contributed by atoms with Gasteiger partial charge in [0.05, 0.1) is 38.6 Å². The number of benzene rings is 1. The van der Waals surface area contributed by atoms with Gasteiger partial charge in [0.25, 0.3) is 5.91 Å². The molecule has 0 saturated heterocycles. The molecule has 0 unspecified atom stereocenters. The van der Waals surface area contributed by atoms with Gasteiger partial charge in [0.2, 0.25) is 0 Å². The van der Waals surface area contributed by atoms with Gasteiger partial charge in [0.15, 0.2) is 0 Å². The van der Waals surface area contributed by atoms with Crippen molar-refractivity contribution in [1.29, 1.82) is 0 Å². The summed E-state index contributed by atoms with van der Waals surface area (Å²) in [4.78, 5) is 21.5. The Morgan fingerprint density at radius 2 is 2.03 bits per heavy atom. The van der Waals surface area contributed by atoms with Gasteiger partial charge < -0.3 is 10.1 Å². The number of nitrogens with one attached hydrogen (secondary N) is 1. The molecule has 2 aromatic heterocycles. The fourth-order valence-electron chi connectivity index (χ4n) is 3.96. The zero-order valence-electron chi connectivity index (χ0n) is 16.6. The number of pyridine rings is 1.